The molecule has 0 aliphatic carbocycles. The maximum absolute atomic E-state index is 5.57. The smallest absolute Gasteiger partial charge is 0.253 e. The minimum Gasteiger partial charge on any atom is -0.484 e. The van der Waals surface area contributed by atoms with Gasteiger partial charge in [-0.2, -0.15) is 0 Å². The molecule has 0 amide bonds. The maximum atomic E-state index is 5.57. The summed E-state index contributed by atoms with van der Waals surface area (Å²) in [4.78, 5) is 0. The second-order valence-corrected chi connectivity index (χ2v) is 3.68. The van der Waals surface area contributed by atoms with Crippen LogP contribution in [-0.2, 0) is 13.2 Å². The Morgan fingerprint density at radius 3 is 2.94 bits per heavy atom. The molecule has 5 nitrogen and oxygen atoms in total. The molecule has 1 aromatic carbocycles. The van der Waals surface area contributed by atoms with Gasteiger partial charge in [0.15, 0.2) is 6.61 Å². The molecule has 17 heavy (non-hydrogen) atoms. The van der Waals surface area contributed by atoms with Crippen LogP contribution in [0.2, 0.25) is 0 Å². The molecule has 0 spiro atoms. The number of rotatable bonds is 5. The number of nitrogens with one attached hydrogen (secondary N) is 1. The van der Waals surface area contributed by atoms with Gasteiger partial charge in [0.1, 0.15) is 5.75 Å². The van der Waals surface area contributed by atoms with Gasteiger partial charge in [-0.15, -0.1) is 10.2 Å². The lowest BCUT2D eigenvalue weighted by Crippen LogP contribution is -2.05. The van der Waals surface area contributed by atoms with Crippen molar-refractivity contribution in [2.24, 2.45) is 0 Å². The van der Waals surface area contributed by atoms with Gasteiger partial charge in [-0.3, -0.25) is 0 Å². The minimum atomic E-state index is 0.295. The van der Waals surface area contributed by atoms with Gasteiger partial charge in [0.2, 0.25) is 5.89 Å². The molecule has 0 radical (unpaired) electrons. The molecule has 1 N–H and O–H groups in total. The Bertz CT molecular complexity index is 482. The van der Waals surface area contributed by atoms with E-state index in [-0.39, 0.29) is 0 Å². The Hall–Kier alpha value is -1.88. The minimum absolute atomic E-state index is 0.295. The van der Waals surface area contributed by atoms with E-state index < -0.39 is 0 Å². The van der Waals surface area contributed by atoms with E-state index >= 15 is 0 Å². The van der Waals surface area contributed by atoms with E-state index in [4.69, 9.17) is 9.15 Å². The van der Waals surface area contributed by atoms with E-state index in [0.29, 0.717) is 18.4 Å². The van der Waals surface area contributed by atoms with E-state index in [1.807, 2.05) is 31.3 Å². The summed E-state index contributed by atoms with van der Waals surface area (Å²) < 4.78 is 10.8. The highest BCUT2D eigenvalue weighted by molar-refractivity contribution is 5.28. The molecular formula is C12H15N3O2. The fraction of sp³-hybridized carbons (Fsp3) is 0.333. The Kier molecular flexibility index (Phi) is 3.72. The summed E-state index contributed by atoms with van der Waals surface area (Å²) in [6.07, 6.45) is 0. The van der Waals surface area contributed by atoms with Crippen molar-refractivity contribution in [1.29, 1.82) is 0 Å². The Balaban J connectivity index is 1.96. The summed E-state index contributed by atoms with van der Waals surface area (Å²) in [6, 6.07) is 7.89. The van der Waals surface area contributed by atoms with Crippen LogP contribution < -0.4 is 10.1 Å². The van der Waals surface area contributed by atoms with Crippen LogP contribution in [0, 0.1) is 6.92 Å². The van der Waals surface area contributed by atoms with E-state index in [2.05, 4.69) is 15.5 Å². The predicted molar refractivity (Wildman–Crippen MR) is 62.6 cm³/mol. The van der Waals surface area contributed by atoms with Crippen molar-refractivity contribution in [2.75, 3.05) is 7.05 Å². The summed E-state index contributed by atoms with van der Waals surface area (Å²) in [6.45, 7) is 2.87. The predicted octanol–water partition coefficient (Wildman–Crippen LogP) is 1.68. The largest absolute Gasteiger partial charge is 0.484 e. The quantitative estimate of drug-likeness (QED) is 0.851. The summed E-state index contributed by atoms with van der Waals surface area (Å²) in [5.74, 6) is 1.84. The average Bonchev–Trinajstić information content (AvgIpc) is 2.74. The van der Waals surface area contributed by atoms with E-state index in [1.165, 1.54) is 5.56 Å². The topological polar surface area (TPSA) is 60.2 Å². The Morgan fingerprint density at radius 2 is 2.24 bits per heavy atom. The van der Waals surface area contributed by atoms with Gasteiger partial charge in [-0.1, -0.05) is 12.1 Å². The molecule has 0 saturated carbocycles. The average molecular weight is 233 g/mol. The molecule has 0 aliphatic heterocycles. The van der Waals surface area contributed by atoms with Gasteiger partial charge in [0.05, 0.1) is 0 Å². The van der Waals surface area contributed by atoms with Crippen LogP contribution in [0.25, 0.3) is 0 Å². The second kappa shape index (κ2) is 5.45. The monoisotopic (exact) mass is 233 g/mol. The fourth-order valence-electron chi connectivity index (χ4n) is 1.49. The number of aromatic nitrogens is 2. The van der Waals surface area contributed by atoms with Crippen molar-refractivity contribution < 1.29 is 9.15 Å². The zero-order valence-corrected chi connectivity index (χ0v) is 9.93. The molecular weight excluding hydrogens is 218 g/mol. The van der Waals surface area contributed by atoms with Crippen LogP contribution in [0.3, 0.4) is 0 Å². The van der Waals surface area contributed by atoms with Crippen LogP contribution in [-0.4, -0.2) is 17.2 Å². The summed E-state index contributed by atoms with van der Waals surface area (Å²) in [7, 11) is 1.91. The summed E-state index contributed by atoms with van der Waals surface area (Å²) in [5.41, 5.74) is 1.17. The number of hydrogen-bond acceptors (Lipinski definition) is 5. The first-order valence-corrected chi connectivity index (χ1v) is 5.43. The molecule has 0 unspecified atom stereocenters. The SMILES string of the molecule is CNCc1cccc(OCc2nnc(C)o2)c1. The Labute approximate surface area is 99.8 Å². The van der Waals surface area contributed by atoms with Gasteiger partial charge in [-0.25, -0.2) is 0 Å². The van der Waals surface area contributed by atoms with E-state index in [1.54, 1.807) is 6.92 Å². The van der Waals surface area contributed by atoms with Crippen LogP contribution in [0.5, 0.6) is 5.75 Å². The molecule has 90 valence electrons. The zero-order chi connectivity index (χ0) is 12.1. The standard InChI is InChI=1S/C12H15N3O2/c1-9-14-15-12(17-9)8-16-11-5-3-4-10(6-11)7-13-2/h3-6,13H,7-8H2,1-2H3. The number of nitrogens with zero attached hydrogens (tertiary/aromatic N) is 2. The first-order chi connectivity index (χ1) is 8.28. The first-order valence-electron chi connectivity index (χ1n) is 5.43. The summed E-state index contributed by atoms with van der Waals surface area (Å²) in [5, 5.41) is 10.7. The highest BCUT2D eigenvalue weighted by atomic mass is 16.5. The van der Waals surface area contributed by atoms with Crippen molar-refractivity contribution in [1.82, 2.24) is 15.5 Å². The maximum Gasteiger partial charge on any atom is 0.253 e. The molecule has 2 aromatic rings. The van der Waals surface area contributed by atoms with Crippen molar-refractivity contribution >= 4 is 0 Å². The van der Waals surface area contributed by atoms with Crippen molar-refractivity contribution in [3.05, 3.63) is 41.6 Å². The number of ether oxygens (including phenoxy) is 1. The van der Waals surface area contributed by atoms with Crippen molar-refractivity contribution in [3.8, 4) is 5.75 Å². The van der Waals surface area contributed by atoms with E-state index in [9.17, 15) is 0 Å². The third-order valence-corrected chi connectivity index (χ3v) is 2.21. The molecule has 5 heteroatoms. The first kappa shape index (κ1) is 11.6. The van der Waals surface area contributed by atoms with Crippen molar-refractivity contribution in [3.63, 3.8) is 0 Å². The number of benzene rings is 1. The number of aryl methyl sites for hydroxylation is 1. The fourth-order valence-corrected chi connectivity index (χ4v) is 1.49. The van der Waals surface area contributed by atoms with E-state index in [0.717, 1.165) is 12.3 Å². The van der Waals surface area contributed by atoms with Crippen LogP contribution in [0.1, 0.15) is 17.3 Å². The molecule has 0 saturated heterocycles. The number of hydrogen-bond donors (Lipinski definition) is 1. The third-order valence-electron chi connectivity index (χ3n) is 2.21. The zero-order valence-electron chi connectivity index (χ0n) is 9.93. The van der Waals surface area contributed by atoms with Gasteiger partial charge >= 0.3 is 0 Å². The highest BCUT2D eigenvalue weighted by Gasteiger charge is 2.03. The molecule has 0 fully saturated rings. The molecule has 1 heterocycles. The molecule has 0 aliphatic rings. The van der Waals surface area contributed by atoms with Crippen molar-refractivity contribution in [2.45, 2.75) is 20.1 Å². The lowest BCUT2D eigenvalue weighted by atomic mass is 10.2. The van der Waals surface area contributed by atoms with Crippen LogP contribution in [0.4, 0.5) is 0 Å². The summed E-state index contributed by atoms with van der Waals surface area (Å²) >= 11 is 0. The molecule has 2 rings (SSSR count). The lowest BCUT2D eigenvalue weighted by molar-refractivity contribution is 0.260. The van der Waals surface area contributed by atoms with Crippen LogP contribution >= 0.6 is 0 Å². The second-order valence-electron chi connectivity index (χ2n) is 3.68. The molecule has 0 atom stereocenters. The third kappa shape index (κ3) is 3.29. The van der Waals surface area contributed by atoms with Gasteiger partial charge in [0, 0.05) is 13.5 Å². The van der Waals surface area contributed by atoms with Gasteiger partial charge < -0.3 is 14.5 Å². The normalized spacial score (nSPS) is 10.5. The lowest BCUT2D eigenvalue weighted by Gasteiger charge is -2.05. The molecule has 1 aromatic heterocycles. The highest BCUT2D eigenvalue weighted by Crippen LogP contribution is 2.14. The molecule has 0 bridgehead atoms. The Morgan fingerprint density at radius 1 is 1.35 bits per heavy atom. The van der Waals surface area contributed by atoms with Gasteiger partial charge in [-0.05, 0) is 24.7 Å². The van der Waals surface area contributed by atoms with Crippen LogP contribution in [0.15, 0.2) is 28.7 Å². The van der Waals surface area contributed by atoms with Gasteiger partial charge in [0.25, 0.3) is 5.89 Å².